The van der Waals surface area contributed by atoms with Crippen LogP contribution in [0.4, 0.5) is 4.79 Å². The van der Waals surface area contributed by atoms with Gasteiger partial charge in [0.2, 0.25) is 0 Å². The lowest BCUT2D eigenvalue weighted by Crippen LogP contribution is -2.24. The van der Waals surface area contributed by atoms with E-state index in [1.165, 1.54) is 0 Å². The first-order chi connectivity index (χ1) is 7.22. The normalized spacial score (nSPS) is 29.9. The van der Waals surface area contributed by atoms with Crippen molar-refractivity contribution in [3.8, 4) is 0 Å². The van der Waals surface area contributed by atoms with Gasteiger partial charge in [-0.3, -0.25) is 0 Å². The predicted molar refractivity (Wildman–Crippen MR) is 49.3 cm³/mol. The lowest BCUT2D eigenvalue weighted by atomic mass is 10.3. The highest BCUT2D eigenvalue weighted by Gasteiger charge is 2.16. The maximum Gasteiger partial charge on any atom is 0.508 e. The average Bonchev–Trinajstić information content (AvgIpc) is 2.70. The van der Waals surface area contributed by atoms with Gasteiger partial charge in [0.25, 0.3) is 0 Å². The Kier molecular flexibility index (Phi) is 5.38. The molecule has 0 aliphatic carbocycles. The van der Waals surface area contributed by atoms with Crippen LogP contribution in [0.25, 0.3) is 0 Å². The Labute approximate surface area is 88.1 Å². The van der Waals surface area contributed by atoms with Crippen LogP contribution in [0.15, 0.2) is 0 Å². The summed E-state index contributed by atoms with van der Waals surface area (Å²) >= 11 is 0. The molecule has 6 nitrogen and oxygen atoms in total. The third-order valence-corrected chi connectivity index (χ3v) is 1.94. The van der Waals surface area contributed by atoms with E-state index in [1.807, 2.05) is 6.92 Å². The van der Waals surface area contributed by atoms with Crippen LogP contribution in [0.5, 0.6) is 0 Å². The van der Waals surface area contributed by atoms with E-state index >= 15 is 0 Å². The van der Waals surface area contributed by atoms with Crippen molar-refractivity contribution in [1.82, 2.24) is 0 Å². The first-order valence-corrected chi connectivity index (χ1v) is 4.86. The maximum absolute atomic E-state index is 10.2. The highest BCUT2D eigenvalue weighted by Crippen LogP contribution is 2.05. The first kappa shape index (κ1) is 12.2. The first-order valence-electron chi connectivity index (χ1n) is 4.86. The molecule has 0 amide bonds. The van der Waals surface area contributed by atoms with E-state index in [4.69, 9.17) is 14.6 Å². The number of carbonyl (C=O) groups excluding carboxylic acids is 1. The molecule has 0 aromatic rings. The van der Waals surface area contributed by atoms with Gasteiger partial charge in [0.1, 0.15) is 19.0 Å². The topological polar surface area (TPSA) is 74.2 Å². The zero-order valence-electron chi connectivity index (χ0n) is 8.68. The molecular weight excluding hydrogens is 204 g/mol. The third-order valence-electron chi connectivity index (χ3n) is 1.94. The van der Waals surface area contributed by atoms with Crippen molar-refractivity contribution >= 4 is 6.16 Å². The van der Waals surface area contributed by atoms with Crippen molar-refractivity contribution in [3.05, 3.63) is 0 Å². The van der Waals surface area contributed by atoms with Crippen LogP contribution in [-0.4, -0.2) is 50.1 Å². The number of hydrogen-bond donors (Lipinski definition) is 1. The second-order valence-corrected chi connectivity index (χ2v) is 3.28. The maximum atomic E-state index is 10.2. The van der Waals surface area contributed by atoms with E-state index in [1.54, 1.807) is 0 Å². The fourth-order valence-electron chi connectivity index (χ4n) is 1.04. The molecule has 2 aliphatic heterocycles. The Hall–Kier alpha value is -0.850. The minimum atomic E-state index is -0.538. The van der Waals surface area contributed by atoms with Crippen LogP contribution in [-0.2, 0) is 18.9 Å². The standard InChI is InChI=1S/C5H8O3.C4H8O3/c1-4-2-3-7-5(6)8-4;5-1-4-2-6-3-7-4/h4H,2-3H2,1H3;4-5H,1-3H2. The van der Waals surface area contributed by atoms with Crippen LogP contribution in [0.3, 0.4) is 0 Å². The Morgan fingerprint density at radius 1 is 1.53 bits per heavy atom. The van der Waals surface area contributed by atoms with Crippen molar-refractivity contribution in [1.29, 1.82) is 0 Å². The summed E-state index contributed by atoms with van der Waals surface area (Å²) in [4.78, 5) is 10.2. The summed E-state index contributed by atoms with van der Waals surface area (Å²) in [6.45, 7) is 3.29. The van der Waals surface area contributed by atoms with Gasteiger partial charge in [-0.15, -0.1) is 0 Å². The van der Waals surface area contributed by atoms with E-state index in [0.29, 0.717) is 20.0 Å². The molecule has 2 atom stereocenters. The zero-order valence-corrected chi connectivity index (χ0v) is 8.68. The SMILES string of the molecule is CC1CCOC(=O)O1.OCC1COCO1. The Morgan fingerprint density at radius 2 is 2.33 bits per heavy atom. The van der Waals surface area contributed by atoms with E-state index in [-0.39, 0.29) is 18.8 Å². The number of aliphatic hydroxyl groups excluding tert-OH is 1. The minimum absolute atomic E-state index is 0.0382. The molecular formula is C9H16O6. The molecule has 0 bridgehead atoms. The molecule has 6 heteroatoms. The van der Waals surface area contributed by atoms with E-state index in [0.717, 1.165) is 6.42 Å². The summed E-state index contributed by atoms with van der Waals surface area (Å²) in [5.74, 6) is 0. The predicted octanol–water partition coefficient (Wildman–Crippen LogP) is 0.283. The lowest BCUT2D eigenvalue weighted by molar-refractivity contribution is -0.0154. The largest absolute Gasteiger partial charge is 0.508 e. The fourth-order valence-corrected chi connectivity index (χ4v) is 1.04. The summed E-state index contributed by atoms with van der Waals surface area (Å²) in [5, 5.41) is 8.36. The Balaban J connectivity index is 0.000000151. The molecule has 0 radical (unpaired) electrons. The quantitative estimate of drug-likeness (QED) is 0.640. The molecule has 2 fully saturated rings. The van der Waals surface area contributed by atoms with Crippen molar-refractivity contribution in [2.24, 2.45) is 0 Å². The zero-order chi connectivity index (χ0) is 11.1. The number of ether oxygens (including phenoxy) is 4. The molecule has 2 saturated heterocycles. The molecule has 2 heterocycles. The van der Waals surface area contributed by atoms with Gasteiger partial charge in [0.15, 0.2) is 0 Å². The molecule has 0 aromatic heterocycles. The van der Waals surface area contributed by atoms with Gasteiger partial charge in [0, 0.05) is 6.42 Å². The Bertz CT molecular complexity index is 189. The summed E-state index contributed by atoms with van der Waals surface area (Å²) in [5.41, 5.74) is 0. The summed E-state index contributed by atoms with van der Waals surface area (Å²) < 4.78 is 18.7. The molecule has 88 valence electrons. The van der Waals surface area contributed by atoms with Gasteiger partial charge in [-0.1, -0.05) is 0 Å². The number of aliphatic hydroxyl groups is 1. The van der Waals surface area contributed by atoms with Crippen molar-refractivity contribution in [2.75, 3.05) is 26.6 Å². The van der Waals surface area contributed by atoms with Gasteiger partial charge >= 0.3 is 6.16 Å². The third kappa shape index (κ3) is 4.96. The molecule has 0 saturated carbocycles. The smallest absolute Gasteiger partial charge is 0.434 e. The van der Waals surface area contributed by atoms with Crippen molar-refractivity contribution in [2.45, 2.75) is 25.6 Å². The van der Waals surface area contributed by atoms with Crippen LogP contribution >= 0.6 is 0 Å². The molecule has 0 aromatic carbocycles. The van der Waals surface area contributed by atoms with Gasteiger partial charge in [-0.25, -0.2) is 4.79 Å². The molecule has 2 aliphatic rings. The number of hydrogen-bond acceptors (Lipinski definition) is 6. The van der Waals surface area contributed by atoms with Crippen LogP contribution < -0.4 is 0 Å². The Morgan fingerprint density at radius 3 is 2.67 bits per heavy atom. The minimum Gasteiger partial charge on any atom is -0.434 e. The summed E-state index contributed by atoms with van der Waals surface area (Å²) in [6.07, 6.45) is 0.242. The fraction of sp³-hybridized carbons (Fsp3) is 0.889. The monoisotopic (exact) mass is 220 g/mol. The molecule has 2 unspecified atom stereocenters. The van der Waals surface area contributed by atoms with Gasteiger partial charge in [-0.2, -0.15) is 0 Å². The molecule has 0 spiro atoms. The lowest BCUT2D eigenvalue weighted by Gasteiger charge is -2.17. The molecule has 2 rings (SSSR count). The number of rotatable bonds is 1. The highest BCUT2D eigenvalue weighted by atomic mass is 16.7. The van der Waals surface area contributed by atoms with Gasteiger partial charge in [0.05, 0.1) is 19.8 Å². The van der Waals surface area contributed by atoms with Gasteiger partial charge < -0.3 is 24.1 Å². The second kappa shape index (κ2) is 6.60. The average molecular weight is 220 g/mol. The summed E-state index contributed by atoms with van der Waals surface area (Å²) in [7, 11) is 0. The van der Waals surface area contributed by atoms with E-state index in [9.17, 15) is 4.79 Å². The molecule has 15 heavy (non-hydrogen) atoms. The van der Waals surface area contributed by atoms with E-state index in [2.05, 4.69) is 9.47 Å². The van der Waals surface area contributed by atoms with Crippen LogP contribution in [0, 0.1) is 0 Å². The number of cyclic esters (lactones) is 2. The van der Waals surface area contributed by atoms with E-state index < -0.39 is 6.16 Å². The van der Waals surface area contributed by atoms with Gasteiger partial charge in [-0.05, 0) is 6.92 Å². The summed E-state index contributed by atoms with van der Waals surface area (Å²) in [6, 6.07) is 0. The highest BCUT2D eigenvalue weighted by molar-refractivity contribution is 5.60. The van der Waals surface area contributed by atoms with Crippen molar-refractivity contribution in [3.63, 3.8) is 0 Å². The van der Waals surface area contributed by atoms with Crippen molar-refractivity contribution < 1.29 is 28.8 Å². The second-order valence-electron chi connectivity index (χ2n) is 3.28. The molecule has 1 N–H and O–H groups in total. The number of carbonyl (C=O) groups is 1. The van der Waals surface area contributed by atoms with Crippen LogP contribution in [0.2, 0.25) is 0 Å². The van der Waals surface area contributed by atoms with Crippen LogP contribution in [0.1, 0.15) is 13.3 Å².